The molecule has 0 bridgehead atoms. The molecule has 0 nitrogen and oxygen atoms in total. The van der Waals surface area contributed by atoms with Gasteiger partial charge >= 0.3 is 0 Å². The van der Waals surface area contributed by atoms with Crippen LogP contribution in [0, 0.1) is 22.7 Å². The van der Waals surface area contributed by atoms with Crippen LogP contribution in [0.3, 0.4) is 0 Å². The highest BCUT2D eigenvalue weighted by Gasteiger charge is 2.55. The highest BCUT2D eigenvalue weighted by molar-refractivity contribution is 5.06. The van der Waals surface area contributed by atoms with E-state index in [2.05, 4.69) is 13.8 Å². The average molecular weight is 305 g/mol. The molecule has 0 heterocycles. The third-order valence-electron chi connectivity index (χ3n) is 7.74. The van der Waals surface area contributed by atoms with Crippen LogP contribution in [-0.4, -0.2) is 0 Å². The zero-order valence-electron chi connectivity index (χ0n) is 15.5. The fraction of sp³-hybridized carbons (Fsp3) is 1.00. The molecule has 2 spiro atoms. The molecule has 0 N–H and O–H groups in total. The summed E-state index contributed by atoms with van der Waals surface area (Å²) in [5.41, 5.74) is 1.66. The van der Waals surface area contributed by atoms with Gasteiger partial charge in [0.05, 0.1) is 0 Å². The third kappa shape index (κ3) is 3.73. The second-order valence-electron chi connectivity index (χ2n) is 9.52. The first-order valence-corrected chi connectivity index (χ1v) is 10.7. The minimum atomic E-state index is 0.832. The van der Waals surface area contributed by atoms with Gasteiger partial charge in [-0.25, -0.2) is 0 Å². The molecular weight excluding hydrogens is 264 g/mol. The van der Waals surface area contributed by atoms with Crippen molar-refractivity contribution in [2.75, 3.05) is 0 Å². The Hall–Kier alpha value is 0. The summed E-state index contributed by atoms with van der Waals surface area (Å²) < 4.78 is 0. The summed E-state index contributed by atoms with van der Waals surface area (Å²) in [6.45, 7) is 4.70. The maximum atomic E-state index is 2.36. The quantitative estimate of drug-likeness (QED) is 0.445. The van der Waals surface area contributed by atoms with Crippen LogP contribution in [0.2, 0.25) is 0 Å². The summed E-state index contributed by atoms with van der Waals surface area (Å²) in [6, 6.07) is 0. The van der Waals surface area contributed by atoms with Crippen molar-refractivity contribution in [3.63, 3.8) is 0 Å². The van der Waals surface area contributed by atoms with Crippen LogP contribution in [-0.2, 0) is 0 Å². The van der Waals surface area contributed by atoms with Crippen LogP contribution in [0.25, 0.3) is 0 Å². The highest BCUT2D eigenvalue weighted by atomic mass is 14.6. The molecule has 0 aromatic carbocycles. The van der Waals surface area contributed by atoms with Crippen molar-refractivity contribution in [3.8, 4) is 0 Å². The van der Waals surface area contributed by atoms with E-state index in [0.717, 1.165) is 22.7 Å². The van der Waals surface area contributed by atoms with Gasteiger partial charge in [-0.05, 0) is 86.9 Å². The van der Waals surface area contributed by atoms with Gasteiger partial charge in [0, 0.05) is 0 Å². The molecule has 0 unspecified atom stereocenters. The average Bonchev–Trinajstić information content (AvgIpc) is 2.51. The van der Waals surface area contributed by atoms with E-state index in [1.54, 1.807) is 64.2 Å². The van der Waals surface area contributed by atoms with Gasteiger partial charge in [-0.3, -0.25) is 0 Å². The highest BCUT2D eigenvalue weighted by Crippen LogP contribution is 2.67. The largest absolute Gasteiger partial charge is 0.0654 e. The molecule has 3 aliphatic rings. The van der Waals surface area contributed by atoms with E-state index in [9.17, 15) is 0 Å². The molecule has 0 amide bonds. The van der Waals surface area contributed by atoms with Gasteiger partial charge in [0.15, 0.2) is 0 Å². The fourth-order valence-corrected chi connectivity index (χ4v) is 6.49. The summed E-state index contributed by atoms with van der Waals surface area (Å²) >= 11 is 0. The Morgan fingerprint density at radius 2 is 1.14 bits per heavy atom. The standard InChI is InChI=1S/C22H40/c1-3-5-6-8-20-11-15-22(16-12-20)17-21(18-22)13-9-19(7-4-2)10-14-21/h19-20H,3-18H2,1-2H3. The van der Waals surface area contributed by atoms with Gasteiger partial charge in [-0.1, -0.05) is 52.4 Å². The van der Waals surface area contributed by atoms with Gasteiger partial charge in [0.2, 0.25) is 0 Å². The van der Waals surface area contributed by atoms with Gasteiger partial charge < -0.3 is 0 Å². The van der Waals surface area contributed by atoms with E-state index in [0.29, 0.717) is 0 Å². The SMILES string of the molecule is CCCCCC1CCC2(CC1)CC1(CCC(CCC)CC1)C2. The fourth-order valence-electron chi connectivity index (χ4n) is 6.49. The summed E-state index contributed by atoms with van der Waals surface area (Å²) in [7, 11) is 0. The third-order valence-corrected chi connectivity index (χ3v) is 7.74. The van der Waals surface area contributed by atoms with Crippen molar-refractivity contribution in [2.45, 2.75) is 117 Å². The van der Waals surface area contributed by atoms with Crippen LogP contribution >= 0.6 is 0 Å². The maximum absolute atomic E-state index is 2.36. The number of hydrogen-bond acceptors (Lipinski definition) is 0. The molecule has 128 valence electrons. The van der Waals surface area contributed by atoms with Crippen molar-refractivity contribution in [3.05, 3.63) is 0 Å². The Bertz CT molecular complexity index is 316. The summed E-state index contributed by atoms with van der Waals surface area (Å²) in [5, 5.41) is 0. The van der Waals surface area contributed by atoms with Crippen LogP contribution in [0.1, 0.15) is 117 Å². The van der Waals surface area contributed by atoms with Crippen molar-refractivity contribution in [1.82, 2.24) is 0 Å². The minimum Gasteiger partial charge on any atom is -0.0654 e. The van der Waals surface area contributed by atoms with E-state index in [-0.39, 0.29) is 0 Å². The molecule has 0 aromatic rings. The molecule has 3 rings (SSSR count). The van der Waals surface area contributed by atoms with Gasteiger partial charge in [-0.2, -0.15) is 0 Å². The predicted octanol–water partition coefficient (Wildman–Crippen LogP) is 7.51. The van der Waals surface area contributed by atoms with Crippen LogP contribution in [0.4, 0.5) is 0 Å². The number of hydrogen-bond donors (Lipinski definition) is 0. The first-order chi connectivity index (χ1) is 10.7. The van der Waals surface area contributed by atoms with Crippen molar-refractivity contribution in [1.29, 1.82) is 0 Å². The van der Waals surface area contributed by atoms with Gasteiger partial charge in [0.1, 0.15) is 0 Å². The zero-order chi connectivity index (χ0) is 15.5. The van der Waals surface area contributed by atoms with Crippen LogP contribution < -0.4 is 0 Å². The van der Waals surface area contributed by atoms with Crippen molar-refractivity contribution >= 4 is 0 Å². The minimum absolute atomic E-state index is 0.832. The lowest BCUT2D eigenvalue weighted by atomic mass is 9.44. The summed E-state index contributed by atoms with van der Waals surface area (Å²) in [5.74, 6) is 2.18. The molecule has 0 heteroatoms. The predicted molar refractivity (Wildman–Crippen MR) is 97.1 cm³/mol. The van der Waals surface area contributed by atoms with E-state index < -0.39 is 0 Å². The summed E-state index contributed by atoms with van der Waals surface area (Å²) in [4.78, 5) is 0. The summed E-state index contributed by atoms with van der Waals surface area (Å²) in [6.07, 6.45) is 24.6. The van der Waals surface area contributed by atoms with E-state index in [1.165, 1.54) is 38.5 Å². The van der Waals surface area contributed by atoms with E-state index in [4.69, 9.17) is 0 Å². The normalized spacial score (nSPS) is 41.7. The maximum Gasteiger partial charge on any atom is -0.0287 e. The molecule has 3 aliphatic carbocycles. The Morgan fingerprint density at radius 3 is 1.59 bits per heavy atom. The van der Waals surface area contributed by atoms with Gasteiger partial charge in [0.25, 0.3) is 0 Å². The van der Waals surface area contributed by atoms with E-state index >= 15 is 0 Å². The van der Waals surface area contributed by atoms with Gasteiger partial charge in [-0.15, -0.1) is 0 Å². The van der Waals surface area contributed by atoms with Crippen LogP contribution in [0.15, 0.2) is 0 Å². The molecule has 0 aromatic heterocycles. The molecule has 22 heavy (non-hydrogen) atoms. The Morgan fingerprint density at radius 1 is 0.636 bits per heavy atom. The van der Waals surface area contributed by atoms with Crippen molar-refractivity contribution < 1.29 is 0 Å². The van der Waals surface area contributed by atoms with Crippen molar-refractivity contribution in [2.24, 2.45) is 22.7 Å². The number of unbranched alkanes of at least 4 members (excludes halogenated alkanes) is 2. The Labute approximate surface area is 139 Å². The molecular formula is C22H40. The smallest absolute Gasteiger partial charge is 0.0287 e. The Balaban J connectivity index is 1.38. The molecule has 3 saturated carbocycles. The monoisotopic (exact) mass is 304 g/mol. The van der Waals surface area contributed by atoms with E-state index in [1.807, 2.05) is 0 Å². The first kappa shape index (κ1) is 16.8. The zero-order valence-corrected chi connectivity index (χ0v) is 15.5. The molecule has 0 radical (unpaired) electrons. The lowest BCUT2D eigenvalue weighted by molar-refractivity contribution is -0.102. The lowest BCUT2D eigenvalue weighted by Crippen LogP contribution is -2.49. The second-order valence-corrected chi connectivity index (χ2v) is 9.52. The molecule has 0 aliphatic heterocycles. The second kappa shape index (κ2) is 7.27. The topological polar surface area (TPSA) is 0 Å². The molecule has 0 atom stereocenters. The molecule has 0 saturated heterocycles. The lowest BCUT2D eigenvalue weighted by Gasteiger charge is -2.61. The molecule has 3 fully saturated rings. The first-order valence-electron chi connectivity index (χ1n) is 10.7. The van der Waals surface area contributed by atoms with Crippen LogP contribution in [0.5, 0.6) is 0 Å². The Kier molecular flexibility index (Phi) is 5.56. The number of rotatable bonds is 6.